The zero-order chi connectivity index (χ0) is 51.9. The Kier molecular flexibility index (Phi) is 52.2. The lowest BCUT2D eigenvalue weighted by molar-refractivity contribution is -0.870. The van der Waals surface area contributed by atoms with Crippen LogP contribution < -0.4 is 0 Å². The lowest BCUT2D eigenvalue weighted by atomic mass is 10.0. The molecule has 0 aromatic heterocycles. The highest BCUT2D eigenvalue weighted by Crippen LogP contribution is 2.43. The largest absolute Gasteiger partial charge is 0.472 e. The molecule has 2 unspecified atom stereocenters. The van der Waals surface area contributed by atoms with Crippen LogP contribution in [0.4, 0.5) is 0 Å². The summed E-state index contributed by atoms with van der Waals surface area (Å²) in [5, 5.41) is 0. The fraction of sp³-hybridized carbons (Fsp3) is 0.758. The summed E-state index contributed by atoms with van der Waals surface area (Å²) < 4.78 is 35.3. The maximum atomic E-state index is 12.8. The van der Waals surface area contributed by atoms with Gasteiger partial charge in [0.05, 0.1) is 34.4 Å². The lowest BCUT2D eigenvalue weighted by Crippen LogP contribution is -2.37. The van der Waals surface area contributed by atoms with E-state index >= 15 is 0 Å². The number of ether oxygens (including phenoxy) is 2. The second kappa shape index (κ2) is 54.0. The molecule has 0 heterocycles. The number of nitrogens with zero attached hydrogens (tertiary/aromatic N) is 1. The van der Waals surface area contributed by atoms with E-state index < -0.39 is 13.9 Å². The number of phosphoric ester groups is 1. The molecule has 0 amide bonds. The first kappa shape index (κ1) is 68.7. The molecule has 0 saturated carbocycles. The number of unbranched alkanes of at least 4 members (excludes halogenated alkanes) is 26. The van der Waals surface area contributed by atoms with Crippen LogP contribution in [0.25, 0.3) is 0 Å². The predicted octanol–water partition coefficient (Wildman–Crippen LogP) is 18.7. The van der Waals surface area contributed by atoms with Crippen molar-refractivity contribution < 1.29 is 37.3 Å². The van der Waals surface area contributed by atoms with Crippen LogP contribution in [0.15, 0.2) is 85.1 Å². The van der Waals surface area contributed by atoms with E-state index in [0.29, 0.717) is 24.1 Å². The van der Waals surface area contributed by atoms with Crippen LogP contribution in [0, 0.1) is 0 Å². The van der Waals surface area contributed by atoms with Crippen molar-refractivity contribution in [2.24, 2.45) is 0 Å². The van der Waals surface area contributed by atoms with Gasteiger partial charge in [0.2, 0.25) is 0 Å². The first-order valence-electron chi connectivity index (χ1n) is 29.3. The molecule has 8 nitrogen and oxygen atoms in total. The lowest BCUT2D eigenvalue weighted by Gasteiger charge is -2.24. The molecule has 2 atom stereocenters. The van der Waals surface area contributed by atoms with Gasteiger partial charge in [0, 0.05) is 13.0 Å². The molecule has 0 aromatic rings. The molecule has 0 rings (SSSR count). The minimum Gasteiger partial charge on any atom is -0.457 e. The Morgan fingerprint density at radius 2 is 0.817 bits per heavy atom. The fourth-order valence-corrected chi connectivity index (χ4v) is 8.71. The smallest absolute Gasteiger partial charge is 0.457 e. The minimum absolute atomic E-state index is 0.0837. The van der Waals surface area contributed by atoms with Crippen LogP contribution in [-0.4, -0.2) is 75.6 Å². The average Bonchev–Trinajstić information content (AvgIpc) is 3.33. The van der Waals surface area contributed by atoms with Crippen LogP contribution in [-0.2, 0) is 27.9 Å². The third-order valence-electron chi connectivity index (χ3n) is 12.4. The van der Waals surface area contributed by atoms with Gasteiger partial charge in [0.1, 0.15) is 19.3 Å². The summed E-state index contributed by atoms with van der Waals surface area (Å²) >= 11 is 0. The van der Waals surface area contributed by atoms with Gasteiger partial charge in [-0.05, 0) is 89.9 Å². The van der Waals surface area contributed by atoms with Crippen molar-refractivity contribution in [2.75, 3.05) is 54.1 Å². The zero-order valence-electron chi connectivity index (χ0n) is 46.9. The molecule has 412 valence electrons. The highest BCUT2D eigenvalue weighted by Gasteiger charge is 2.26. The Bertz CT molecular complexity index is 1410. The van der Waals surface area contributed by atoms with Gasteiger partial charge in [0.15, 0.2) is 0 Å². The van der Waals surface area contributed by atoms with Gasteiger partial charge >= 0.3 is 13.8 Å². The SMILES string of the molecule is CC/C=C\C/C=C\C/C=C\C/C=C\C/C=C\CCCCCCCCCCCC(=O)OC(COCCCCCCCCCCCCCC/C=C\C/C=C\CCCCCCC)COP(=O)(O)OCC[N+](C)(C)C. The summed E-state index contributed by atoms with van der Waals surface area (Å²) in [7, 11) is 1.66. The maximum absolute atomic E-state index is 12.8. The van der Waals surface area contributed by atoms with Crippen molar-refractivity contribution >= 4 is 13.8 Å². The van der Waals surface area contributed by atoms with Gasteiger partial charge < -0.3 is 18.9 Å². The number of carbonyl (C=O) groups excluding carboxylic acids is 1. The summed E-state index contributed by atoms with van der Waals surface area (Å²) in [6.45, 7) is 5.51. The number of quaternary nitrogens is 1. The van der Waals surface area contributed by atoms with Gasteiger partial charge in [-0.25, -0.2) is 4.57 Å². The summed E-state index contributed by atoms with van der Waals surface area (Å²) in [5.74, 6) is -0.321. The van der Waals surface area contributed by atoms with E-state index in [-0.39, 0.29) is 25.8 Å². The van der Waals surface area contributed by atoms with E-state index in [1.807, 2.05) is 21.1 Å². The van der Waals surface area contributed by atoms with Crippen molar-refractivity contribution in [1.29, 1.82) is 0 Å². The van der Waals surface area contributed by atoms with Gasteiger partial charge in [-0.1, -0.05) is 234 Å². The van der Waals surface area contributed by atoms with E-state index in [2.05, 4.69) is 98.9 Å². The van der Waals surface area contributed by atoms with Gasteiger partial charge in [-0.15, -0.1) is 0 Å². The van der Waals surface area contributed by atoms with E-state index in [1.54, 1.807) is 0 Å². The third-order valence-corrected chi connectivity index (χ3v) is 13.4. The van der Waals surface area contributed by atoms with Crippen molar-refractivity contribution in [3.05, 3.63) is 85.1 Å². The Hall–Kier alpha value is -2.32. The van der Waals surface area contributed by atoms with Crippen LogP contribution in [0.5, 0.6) is 0 Å². The van der Waals surface area contributed by atoms with Crippen LogP contribution in [0.3, 0.4) is 0 Å². The maximum Gasteiger partial charge on any atom is 0.472 e. The fourth-order valence-electron chi connectivity index (χ4n) is 7.96. The summed E-state index contributed by atoms with van der Waals surface area (Å²) in [6, 6.07) is 0. The Morgan fingerprint density at radius 3 is 1.23 bits per heavy atom. The minimum atomic E-state index is -4.29. The topological polar surface area (TPSA) is 91.3 Å². The van der Waals surface area contributed by atoms with E-state index in [4.69, 9.17) is 18.5 Å². The molecule has 0 aliphatic heterocycles. The van der Waals surface area contributed by atoms with Crippen molar-refractivity contribution in [1.82, 2.24) is 0 Å². The Labute approximate surface area is 439 Å². The molecule has 71 heavy (non-hydrogen) atoms. The standard InChI is InChI=1S/C62H112NO7P/c1-6-8-10-12-14-16-18-20-22-24-26-28-30-32-33-35-37-39-41-43-45-47-49-51-53-55-62(64)70-61(60-69-71(65,66)68-58-56-63(3,4)5)59-67-57-54-52-50-48-46-44-42-40-38-36-34-31-29-27-25-23-21-19-17-15-13-11-9-7-2/h8,10,14,16,19-22,25-28,32-33,61H,6-7,9,11-13,15,17-18,23-24,29-31,34-60H2,1-5H3/p+1/b10-8-,16-14-,21-19-,22-20-,27-25-,28-26-,33-32-. The summed E-state index contributed by atoms with van der Waals surface area (Å²) in [5.41, 5.74) is 0. The second-order valence-corrected chi connectivity index (χ2v) is 22.1. The van der Waals surface area contributed by atoms with Crippen LogP contribution in [0.1, 0.15) is 245 Å². The summed E-state index contributed by atoms with van der Waals surface area (Å²) in [6.07, 6.45) is 73.6. The third kappa shape index (κ3) is 58.4. The van der Waals surface area contributed by atoms with Crippen molar-refractivity contribution in [3.63, 3.8) is 0 Å². The van der Waals surface area contributed by atoms with E-state index in [1.165, 1.54) is 148 Å². The highest BCUT2D eigenvalue weighted by molar-refractivity contribution is 7.47. The first-order valence-corrected chi connectivity index (χ1v) is 30.8. The Balaban J connectivity index is 4.10. The molecule has 1 N–H and O–H groups in total. The van der Waals surface area contributed by atoms with E-state index in [0.717, 1.165) is 77.0 Å². The number of esters is 1. The number of carbonyl (C=O) groups is 1. The van der Waals surface area contributed by atoms with E-state index in [9.17, 15) is 14.3 Å². The van der Waals surface area contributed by atoms with Gasteiger partial charge in [-0.3, -0.25) is 13.8 Å². The van der Waals surface area contributed by atoms with Crippen LogP contribution >= 0.6 is 7.82 Å². The number of phosphoric acid groups is 1. The Morgan fingerprint density at radius 1 is 0.451 bits per heavy atom. The zero-order valence-corrected chi connectivity index (χ0v) is 47.8. The number of rotatable bonds is 54. The average molecular weight is 1020 g/mol. The second-order valence-electron chi connectivity index (χ2n) is 20.6. The number of allylic oxidation sites excluding steroid dienone is 14. The quantitative estimate of drug-likeness (QED) is 0.0213. The van der Waals surface area contributed by atoms with Gasteiger partial charge in [0.25, 0.3) is 0 Å². The molecule has 0 bridgehead atoms. The molecule has 0 spiro atoms. The number of likely N-dealkylation sites (N-methyl/N-ethyl adjacent to an activating group) is 1. The predicted molar refractivity (Wildman–Crippen MR) is 307 cm³/mol. The van der Waals surface area contributed by atoms with Crippen LogP contribution in [0.2, 0.25) is 0 Å². The van der Waals surface area contributed by atoms with Crippen molar-refractivity contribution in [2.45, 2.75) is 251 Å². The molecular formula is C62H113NO7P+. The van der Waals surface area contributed by atoms with Crippen molar-refractivity contribution in [3.8, 4) is 0 Å². The summed E-state index contributed by atoms with van der Waals surface area (Å²) in [4.78, 5) is 23.1. The first-order chi connectivity index (χ1) is 34.6. The number of hydrogen-bond donors (Lipinski definition) is 1. The normalized spacial score (nSPS) is 14.1. The molecular weight excluding hydrogens is 902 g/mol. The molecule has 9 heteroatoms. The molecule has 0 aliphatic rings. The highest BCUT2D eigenvalue weighted by atomic mass is 31.2. The molecule has 0 aromatic carbocycles. The molecule has 0 fully saturated rings. The monoisotopic (exact) mass is 1010 g/mol. The molecule has 0 radical (unpaired) electrons. The number of hydrogen-bond acceptors (Lipinski definition) is 6. The van der Waals surface area contributed by atoms with Gasteiger partial charge in [-0.2, -0.15) is 0 Å². The molecule has 0 saturated heterocycles. The molecule has 0 aliphatic carbocycles.